The summed E-state index contributed by atoms with van der Waals surface area (Å²) in [7, 11) is 1.39. The molecule has 2 aromatic rings. The molecule has 0 fully saturated rings. The maximum Gasteiger partial charge on any atom is 0.341 e. The Kier molecular flexibility index (Phi) is 3.89. The van der Waals surface area contributed by atoms with Crippen molar-refractivity contribution in [3.63, 3.8) is 0 Å². The summed E-state index contributed by atoms with van der Waals surface area (Å²) in [6.07, 6.45) is -3.05. The lowest BCUT2D eigenvalue weighted by molar-refractivity contribution is 0.0684. The van der Waals surface area contributed by atoms with E-state index in [9.17, 15) is 13.6 Å². The number of nitrogens with zero attached hydrogens (tertiary/aromatic N) is 2. The Hall–Kier alpha value is -2.15. The van der Waals surface area contributed by atoms with Gasteiger partial charge in [0.25, 0.3) is 6.43 Å². The number of alkyl halides is 2. The molecule has 1 N–H and O–H groups in total. The van der Waals surface area contributed by atoms with Gasteiger partial charge in [-0.05, 0) is 12.1 Å². The lowest BCUT2D eigenvalue weighted by Crippen LogP contribution is -2.01. The lowest BCUT2D eigenvalue weighted by atomic mass is 10.2. The minimum Gasteiger partial charge on any atom is -0.494 e. The van der Waals surface area contributed by atoms with Crippen molar-refractivity contribution in [2.75, 3.05) is 7.11 Å². The first kappa shape index (κ1) is 14.3. The number of rotatable bonds is 4. The van der Waals surface area contributed by atoms with Crippen LogP contribution in [0.25, 0.3) is 5.69 Å². The summed E-state index contributed by atoms with van der Waals surface area (Å²) >= 11 is 5.86. The molecular weight excluding hydrogens is 294 g/mol. The number of methoxy groups -OCH3 is 1. The third-order valence-corrected chi connectivity index (χ3v) is 2.94. The molecule has 0 bridgehead atoms. The minimum absolute atomic E-state index is 0.273. The quantitative estimate of drug-likeness (QED) is 0.942. The Morgan fingerprint density at radius 1 is 1.45 bits per heavy atom. The molecule has 0 amide bonds. The average molecular weight is 303 g/mol. The molecule has 0 atom stereocenters. The van der Waals surface area contributed by atoms with Crippen molar-refractivity contribution >= 4 is 17.6 Å². The molecule has 0 aliphatic heterocycles. The highest BCUT2D eigenvalue weighted by atomic mass is 35.5. The van der Waals surface area contributed by atoms with E-state index in [1.54, 1.807) is 18.2 Å². The standard InChI is InChI=1S/C12H9ClF2N2O3/c1-20-7-5-3-2-4-6(7)17-10(13)8(12(18)19)9(16-17)11(14)15/h2-5,11H,1H3,(H,18,19). The molecule has 1 aromatic heterocycles. The first-order chi connectivity index (χ1) is 9.47. The van der Waals surface area contributed by atoms with Gasteiger partial charge in [0.1, 0.15) is 27.8 Å². The van der Waals surface area contributed by atoms with Gasteiger partial charge >= 0.3 is 5.97 Å². The first-order valence-electron chi connectivity index (χ1n) is 5.40. The van der Waals surface area contributed by atoms with Gasteiger partial charge in [0.2, 0.25) is 0 Å². The van der Waals surface area contributed by atoms with Gasteiger partial charge in [0.15, 0.2) is 0 Å². The van der Waals surface area contributed by atoms with Crippen molar-refractivity contribution in [1.29, 1.82) is 0 Å². The van der Waals surface area contributed by atoms with Crippen LogP contribution in [0.1, 0.15) is 22.5 Å². The second-order valence-electron chi connectivity index (χ2n) is 3.74. The number of halogens is 3. The summed E-state index contributed by atoms with van der Waals surface area (Å²) in [5.41, 5.74) is -1.32. The van der Waals surface area contributed by atoms with Crippen LogP contribution < -0.4 is 4.74 Å². The topological polar surface area (TPSA) is 64.4 Å². The Morgan fingerprint density at radius 3 is 2.60 bits per heavy atom. The number of hydrogen-bond donors (Lipinski definition) is 1. The predicted molar refractivity (Wildman–Crippen MR) is 67.0 cm³/mol. The molecule has 2 rings (SSSR count). The molecule has 0 saturated heterocycles. The van der Waals surface area contributed by atoms with Crippen molar-refractivity contribution in [3.05, 3.63) is 40.7 Å². The summed E-state index contributed by atoms with van der Waals surface area (Å²) in [5, 5.41) is 12.2. The van der Waals surface area contributed by atoms with Crippen LogP contribution in [0.5, 0.6) is 5.75 Å². The van der Waals surface area contributed by atoms with Crippen molar-refractivity contribution < 1.29 is 23.4 Å². The fourth-order valence-electron chi connectivity index (χ4n) is 1.73. The average Bonchev–Trinajstić information content (AvgIpc) is 2.76. The van der Waals surface area contributed by atoms with Crippen molar-refractivity contribution in [2.24, 2.45) is 0 Å². The molecule has 1 aromatic carbocycles. The smallest absolute Gasteiger partial charge is 0.341 e. The van der Waals surface area contributed by atoms with E-state index in [-0.39, 0.29) is 5.69 Å². The number of benzene rings is 1. The van der Waals surface area contributed by atoms with Gasteiger partial charge in [-0.25, -0.2) is 18.3 Å². The van der Waals surface area contributed by atoms with Crippen molar-refractivity contribution in [1.82, 2.24) is 9.78 Å². The Morgan fingerprint density at radius 2 is 2.10 bits per heavy atom. The van der Waals surface area contributed by atoms with Gasteiger partial charge < -0.3 is 9.84 Å². The third kappa shape index (κ3) is 2.32. The van der Waals surface area contributed by atoms with Crippen LogP contribution in [0.15, 0.2) is 24.3 Å². The molecule has 8 heteroatoms. The first-order valence-corrected chi connectivity index (χ1v) is 5.78. The van der Waals surface area contributed by atoms with Gasteiger partial charge in [-0.3, -0.25) is 0 Å². The van der Waals surface area contributed by atoms with E-state index in [4.69, 9.17) is 21.4 Å². The highest BCUT2D eigenvalue weighted by Gasteiger charge is 2.29. The SMILES string of the molecule is COc1ccccc1-n1nc(C(F)F)c(C(=O)O)c1Cl. The van der Waals surface area contributed by atoms with Gasteiger partial charge in [0.05, 0.1) is 7.11 Å². The van der Waals surface area contributed by atoms with E-state index in [1.807, 2.05) is 0 Å². The van der Waals surface area contributed by atoms with Crippen LogP contribution in [-0.4, -0.2) is 28.0 Å². The summed E-state index contributed by atoms with van der Waals surface area (Å²) in [6.45, 7) is 0. The molecule has 0 aliphatic rings. The van der Waals surface area contributed by atoms with Crippen LogP contribution in [0, 0.1) is 0 Å². The van der Waals surface area contributed by atoms with E-state index < -0.39 is 28.8 Å². The molecule has 0 unspecified atom stereocenters. The number of carboxylic acids is 1. The third-order valence-electron chi connectivity index (χ3n) is 2.59. The number of hydrogen-bond acceptors (Lipinski definition) is 3. The maximum absolute atomic E-state index is 12.9. The number of ether oxygens (including phenoxy) is 1. The van der Waals surface area contributed by atoms with Gasteiger partial charge in [-0.1, -0.05) is 23.7 Å². The zero-order valence-electron chi connectivity index (χ0n) is 10.2. The van der Waals surface area contributed by atoms with Crippen LogP contribution in [-0.2, 0) is 0 Å². The normalized spacial score (nSPS) is 10.8. The summed E-state index contributed by atoms with van der Waals surface area (Å²) in [5.74, 6) is -1.24. The van der Waals surface area contributed by atoms with Crippen molar-refractivity contribution in [3.8, 4) is 11.4 Å². The van der Waals surface area contributed by atoms with E-state index in [1.165, 1.54) is 13.2 Å². The van der Waals surface area contributed by atoms with Gasteiger partial charge in [-0.15, -0.1) is 0 Å². The van der Waals surface area contributed by atoms with Crippen LogP contribution in [0.4, 0.5) is 8.78 Å². The van der Waals surface area contributed by atoms with E-state index in [2.05, 4.69) is 5.10 Å². The predicted octanol–water partition coefficient (Wildman–Crippen LogP) is 3.17. The fraction of sp³-hybridized carbons (Fsp3) is 0.167. The zero-order chi connectivity index (χ0) is 14.9. The molecule has 0 radical (unpaired) electrons. The molecule has 5 nitrogen and oxygen atoms in total. The van der Waals surface area contributed by atoms with Gasteiger partial charge in [-0.2, -0.15) is 5.10 Å². The summed E-state index contributed by atoms with van der Waals surface area (Å²) in [6, 6.07) is 6.40. The van der Waals surface area contributed by atoms with Crippen molar-refractivity contribution in [2.45, 2.75) is 6.43 Å². The van der Waals surface area contributed by atoms with Crippen LogP contribution >= 0.6 is 11.6 Å². The van der Waals surface area contributed by atoms with E-state index in [0.29, 0.717) is 5.75 Å². The molecule has 20 heavy (non-hydrogen) atoms. The summed E-state index contributed by atoms with van der Waals surface area (Å²) < 4.78 is 31.7. The van der Waals surface area contributed by atoms with E-state index >= 15 is 0 Å². The van der Waals surface area contributed by atoms with Crippen LogP contribution in [0.2, 0.25) is 5.15 Å². The second kappa shape index (κ2) is 5.46. The highest BCUT2D eigenvalue weighted by Crippen LogP contribution is 2.32. The summed E-state index contributed by atoms with van der Waals surface area (Å²) in [4.78, 5) is 11.0. The Balaban J connectivity index is 2.70. The monoisotopic (exact) mass is 302 g/mol. The number of aromatic nitrogens is 2. The number of carbonyl (C=O) groups is 1. The Labute approximate surface area is 117 Å². The highest BCUT2D eigenvalue weighted by molar-refractivity contribution is 6.33. The number of aromatic carboxylic acids is 1. The maximum atomic E-state index is 12.9. The van der Waals surface area contributed by atoms with Crippen LogP contribution in [0.3, 0.4) is 0 Å². The molecule has 1 heterocycles. The molecule has 0 aliphatic carbocycles. The lowest BCUT2D eigenvalue weighted by Gasteiger charge is -2.08. The fourth-order valence-corrected chi connectivity index (χ4v) is 2.03. The molecule has 0 saturated carbocycles. The Bertz CT molecular complexity index is 658. The second-order valence-corrected chi connectivity index (χ2v) is 4.10. The van der Waals surface area contributed by atoms with Gasteiger partial charge in [0, 0.05) is 0 Å². The molecule has 0 spiro atoms. The molecular formula is C12H9ClF2N2O3. The van der Waals surface area contributed by atoms with E-state index in [0.717, 1.165) is 4.68 Å². The largest absolute Gasteiger partial charge is 0.494 e. The zero-order valence-corrected chi connectivity index (χ0v) is 10.9. The number of para-hydroxylation sites is 2. The molecule has 106 valence electrons. The number of carboxylic acid groups (broad SMARTS) is 1. The minimum atomic E-state index is -3.05.